The molecule has 0 saturated carbocycles. The maximum Gasteiger partial charge on any atom is 0.416 e. The van der Waals surface area contributed by atoms with Crippen LogP contribution in [0.5, 0.6) is 0 Å². The summed E-state index contributed by atoms with van der Waals surface area (Å²) in [6.45, 7) is 1.59. The normalized spacial score (nSPS) is 12.9. The number of halogens is 4. The van der Waals surface area contributed by atoms with Gasteiger partial charge in [-0.3, -0.25) is 0 Å². The Hall–Kier alpha value is -1.59. The summed E-state index contributed by atoms with van der Waals surface area (Å²) in [4.78, 5) is 0. The first-order valence-electron chi connectivity index (χ1n) is 4.47. The van der Waals surface area contributed by atoms with E-state index in [4.69, 9.17) is 5.21 Å². The molecule has 0 heterocycles. The van der Waals surface area contributed by atoms with E-state index in [1.807, 2.05) is 0 Å². The van der Waals surface area contributed by atoms with Crippen molar-refractivity contribution in [3.05, 3.63) is 35.1 Å². The monoisotopic (exact) mass is 235 g/mol. The highest BCUT2D eigenvalue weighted by atomic mass is 19.4. The highest BCUT2D eigenvalue weighted by molar-refractivity contribution is 6.00. The van der Waals surface area contributed by atoms with Crippen LogP contribution in [-0.2, 0) is 6.18 Å². The van der Waals surface area contributed by atoms with Crippen LogP contribution in [0.25, 0.3) is 0 Å². The smallest absolute Gasteiger partial charge is 0.411 e. The molecule has 0 saturated heterocycles. The molecule has 0 aromatic heterocycles. The van der Waals surface area contributed by atoms with Gasteiger partial charge in [-0.2, -0.15) is 13.2 Å². The summed E-state index contributed by atoms with van der Waals surface area (Å²) >= 11 is 0. The van der Waals surface area contributed by atoms with Crippen LogP contribution < -0.4 is 0 Å². The Morgan fingerprint density at radius 1 is 1.31 bits per heavy atom. The van der Waals surface area contributed by atoms with Crippen molar-refractivity contribution in [1.82, 2.24) is 0 Å². The quantitative estimate of drug-likeness (QED) is 0.362. The van der Waals surface area contributed by atoms with Crippen molar-refractivity contribution in [2.45, 2.75) is 19.5 Å². The van der Waals surface area contributed by atoms with Crippen LogP contribution in [0.3, 0.4) is 0 Å². The molecule has 0 spiro atoms. The third-order valence-electron chi connectivity index (χ3n) is 2.01. The van der Waals surface area contributed by atoms with Crippen molar-refractivity contribution in [3.8, 4) is 0 Å². The molecule has 0 unspecified atom stereocenters. The summed E-state index contributed by atoms with van der Waals surface area (Å²) in [5.41, 5.74) is -1.17. The number of nitrogens with zero attached hydrogens (tertiary/aromatic N) is 1. The molecule has 0 aliphatic carbocycles. The Bertz CT molecular complexity index is 412. The van der Waals surface area contributed by atoms with Crippen molar-refractivity contribution in [1.29, 1.82) is 0 Å². The predicted octanol–water partition coefficient (Wildman–Crippen LogP) is 3.43. The standard InChI is InChI=1S/C10H9F4NO/c1-2-9(15-16)6-3-7(10(12,13)14)5-8(11)4-6/h3-5,16H,2H2,1H3/b15-9+. The minimum Gasteiger partial charge on any atom is -0.411 e. The summed E-state index contributed by atoms with van der Waals surface area (Å²) in [5, 5.41) is 11.4. The third-order valence-corrected chi connectivity index (χ3v) is 2.01. The van der Waals surface area contributed by atoms with E-state index in [1.54, 1.807) is 6.92 Å². The predicted molar refractivity (Wildman–Crippen MR) is 50.0 cm³/mol. The Morgan fingerprint density at radius 3 is 2.38 bits per heavy atom. The van der Waals surface area contributed by atoms with Crippen molar-refractivity contribution >= 4 is 5.71 Å². The first-order chi connectivity index (χ1) is 7.38. The van der Waals surface area contributed by atoms with Crippen molar-refractivity contribution in [2.75, 3.05) is 0 Å². The van der Waals surface area contributed by atoms with Gasteiger partial charge in [0.2, 0.25) is 0 Å². The van der Waals surface area contributed by atoms with Gasteiger partial charge in [-0.25, -0.2) is 4.39 Å². The highest BCUT2D eigenvalue weighted by Gasteiger charge is 2.31. The first-order valence-corrected chi connectivity index (χ1v) is 4.47. The number of hydrogen-bond donors (Lipinski definition) is 1. The maximum absolute atomic E-state index is 13.0. The molecule has 0 fully saturated rings. The van der Waals surface area contributed by atoms with Gasteiger partial charge in [-0.15, -0.1) is 0 Å². The topological polar surface area (TPSA) is 32.6 Å². The molecular weight excluding hydrogens is 226 g/mol. The molecule has 16 heavy (non-hydrogen) atoms. The van der Waals surface area contributed by atoms with Crippen LogP contribution in [0.1, 0.15) is 24.5 Å². The molecule has 0 bridgehead atoms. The Morgan fingerprint density at radius 2 is 1.94 bits per heavy atom. The summed E-state index contributed by atoms with van der Waals surface area (Å²) in [5.74, 6) is -1.01. The van der Waals surface area contributed by atoms with E-state index >= 15 is 0 Å². The first kappa shape index (κ1) is 12.5. The average Bonchev–Trinajstić information content (AvgIpc) is 2.17. The number of alkyl halides is 3. The summed E-state index contributed by atoms with van der Waals surface area (Å²) in [7, 11) is 0. The number of hydrogen-bond acceptors (Lipinski definition) is 2. The highest BCUT2D eigenvalue weighted by Crippen LogP contribution is 2.30. The molecule has 0 radical (unpaired) electrons. The largest absolute Gasteiger partial charge is 0.416 e. The molecule has 0 amide bonds. The molecule has 88 valence electrons. The lowest BCUT2D eigenvalue weighted by Crippen LogP contribution is -2.08. The van der Waals surface area contributed by atoms with E-state index in [2.05, 4.69) is 5.16 Å². The van der Waals surface area contributed by atoms with Gasteiger partial charge < -0.3 is 5.21 Å². The third kappa shape index (κ3) is 2.71. The molecule has 2 nitrogen and oxygen atoms in total. The van der Waals surface area contributed by atoms with E-state index in [0.717, 1.165) is 12.1 Å². The molecule has 0 aliphatic heterocycles. The van der Waals surface area contributed by atoms with Crippen LogP contribution in [0, 0.1) is 5.82 Å². The van der Waals surface area contributed by atoms with Gasteiger partial charge in [-0.05, 0) is 24.6 Å². The van der Waals surface area contributed by atoms with Crippen LogP contribution >= 0.6 is 0 Å². The lowest BCUT2D eigenvalue weighted by molar-refractivity contribution is -0.137. The lowest BCUT2D eigenvalue weighted by Gasteiger charge is -2.09. The van der Waals surface area contributed by atoms with Gasteiger partial charge in [0, 0.05) is 5.56 Å². The Labute approximate surface area is 89.2 Å². The van der Waals surface area contributed by atoms with E-state index in [-0.39, 0.29) is 17.7 Å². The van der Waals surface area contributed by atoms with Gasteiger partial charge in [0.15, 0.2) is 0 Å². The molecule has 1 N–H and O–H groups in total. The molecule has 1 aromatic carbocycles. The van der Waals surface area contributed by atoms with Crippen molar-refractivity contribution < 1.29 is 22.8 Å². The molecule has 0 atom stereocenters. The fourth-order valence-corrected chi connectivity index (χ4v) is 1.25. The van der Waals surface area contributed by atoms with Crippen LogP contribution in [0.15, 0.2) is 23.4 Å². The minimum atomic E-state index is -4.62. The second-order valence-electron chi connectivity index (χ2n) is 3.13. The zero-order valence-corrected chi connectivity index (χ0v) is 8.35. The van der Waals surface area contributed by atoms with E-state index in [9.17, 15) is 17.6 Å². The Balaban J connectivity index is 3.28. The van der Waals surface area contributed by atoms with E-state index in [0.29, 0.717) is 6.07 Å². The molecule has 0 aliphatic rings. The fraction of sp³-hybridized carbons (Fsp3) is 0.300. The SMILES string of the molecule is CC/C(=N\O)c1cc(F)cc(C(F)(F)F)c1. The number of benzene rings is 1. The van der Waals surface area contributed by atoms with Crippen LogP contribution in [-0.4, -0.2) is 10.9 Å². The van der Waals surface area contributed by atoms with Gasteiger partial charge >= 0.3 is 6.18 Å². The van der Waals surface area contributed by atoms with Gasteiger partial charge in [0.05, 0.1) is 11.3 Å². The van der Waals surface area contributed by atoms with Gasteiger partial charge in [0.25, 0.3) is 0 Å². The molecule has 1 aromatic rings. The number of oxime groups is 1. The second kappa shape index (κ2) is 4.51. The van der Waals surface area contributed by atoms with Gasteiger partial charge in [0.1, 0.15) is 5.82 Å². The maximum atomic E-state index is 13.0. The summed E-state index contributed by atoms with van der Waals surface area (Å²) in [6.07, 6.45) is -4.41. The molecular formula is C10H9F4NO. The van der Waals surface area contributed by atoms with Crippen molar-refractivity contribution in [2.24, 2.45) is 5.16 Å². The summed E-state index contributed by atoms with van der Waals surface area (Å²) < 4.78 is 50.0. The zero-order valence-electron chi connectivity index (χ0n) is 8.35. The second-order valence-corrected chi connectivity index (χ2v) is 3.13. The zero-order chi connectivity index (χ0) is 12.3. The van der Waals surface area contributed by atoms with Gasteiger partial charge in [-0.1, -0.05) is 12.1 Å². The minimum absolute atomic E-state index is 0.00463. The molecule has 6 heteroatoms. The van der Waals surface area contributed by atoms with Crippen LogP contribution in [0.4, 0.5) is 17.6 Å². The summed E-state index contributed by atoms with van der Waals surface area (Å²) in [6, 6.07) is 2.05. The van der Waals surface area contributed by atoms with Crippen molar-refractivity contribution in [3.63, 3.8) is 0 Å². The lowest BCUT2D eigenvalue weighted by atomic mass is 10.0. The fourth-order valence-electron chi connectivity index (χ4n) is 1.25. The van der Waals surface area contributed by atoms with Crippen LogP contribution in [0.2, 0.25) is 0 Å². The number of rotatable bonds is 2. The van der Waals surface area contributed by atoms with E-state index in [1.165, 1.54) is 0 Å². The average molecular weight is 235 g/mol. The Kier molecular flexibility index (Phi) is 3.51. The van der Waals surface area contributed by atoms with E-state index < -0.39 is 17.6 Å². The molecule has 1 rings (SSSR count).